The number of nitrogens with zero attached hydrogens (tertiary/aromatic N) is 2. The first kappa shape index (κ1) is 21.4. The quantitative estimate of drug-likeness (QED) is 0.512. The van der Waals surface area contributed by atoms with Gasteiger partial charge in [-0.2, -0.15) is 0 Å². The van der Waals surface area contributed by atoms with Gasteiger partial charge in [0.2, 0.25) is 5.90 Å². The molecule has 164 valence electrons. The van der Waals surface area contributed by atoms with Crippen molar-refractivity contribution in [3.8, 4) is 0 Å². The van der Waals surface area contributed by atoms with Crippen LogP contribution in [0.25, 0.3) is 0 Å². The highest BCUT2D eigenvalue weighted by Gasteiger charge is 2.40. The van der Waals surface area contributed by atoms with Gasteiger partial charge < -0.3 is 4.74 Å². The predicted molar refractivity (Wildman–Crippen MR) is 135 cm³/mol. The Morgan fingerprint density at radius 2 is 1.38 bits per heavy atom. The van der Waals surface area contributed by atoms with Crippen LogP contribution in [0.3, 0.4) is 0 Å². The van der Waals surface area contributed by atoms with E-state index in [1.165, 1.54) is 21.7 Å². The molecule has 3 nitrogen and oxygen atoms in total. The van der Waals surface area contributed by atoms with Crippen molar-refractivity contribution >= 4 is 24.6 Å². The minimum Gasteiger partial charge on any atom is -0.478 e. The molecule has 0 saturated carbocycles. The minimum atomic E-state index is -0.719. The molecule has 0 amide bonds. The molecule has 3 aromatic carbocycles. The summed E-state index contributed by atoms with van der Waals surface area (Å²) in [7, 11) is -0.719. The van der Waals surface area contributed by atoms with Crippen molar-refractivity contribution in [2.45, 2.75) is 45.8 Å². The third-order valence-corrected chi connectivity index (χ3v) is 8.95. The fourth-order valence-corrected chi connectivity index (χ4v) is 7.09. The van der Waals surface area contributed by atoms with Crippen LogP contribution in [0, 0.1) is 5.41 Å². The maximum absolute atomic E-state index is 6.32. The van der Waals surface area contributed by atoms with Gasteiger partial charge in [-0.25, -0.2) is 4.99 Å². The molecule has 5 rings (SSSR count). The maximum Gasteiger partial charge on any atom is 0.202 e. The summed E-state index contributed by atoms with van der Waals surface area (Å²) in [4.78, 5) is 5.14. The fourth-order valence-electron chi connectivity index (χ4n) is 4.54. The highest BCUT2D eigenvalue weighted by atomic mass is 31.1. The van der Waals surface area contributed by atoms with E-state index < -0.39 is 8.07 Å². The molecule has 2 heterocycles. The molecule has 2 atom stereocenters. The lowest BCUT2D eigenvalue weighted by molar-refractivity contribution is 0.222. The van der Waals surface area contributed by atoms with E-state index in [-0.39, 0.29) is 17.5 Å². The second-order valence-electron chi connectivity index (χ2n) is 9.73. The van der Waals surface area contributed by atoms with E-state index in [2.05, 4.69) is 110 Å². The Labute approximate surface area is 193 Å². The van der Waals surface area contributed by atoms with E-state index in [1.807, 2.05) is 0 Å². The summed E-state index contributed by atoms with van der Waals surface area (Å²) < 4.78 is 8.98. The van der Waals surface area contributed by atoms with Crippen LogP contribution in [-0.4, -0.2) is 29.3 Å². The zero-order valence-electron chi connectivity index (χ0n) is 19.1. The van der Waals surface area contributed by atoms with Crippen LogP contribution in [0.4, 0.5) is 0 Å². The predicted octanol–water partition coefficient (Wildman–Crippen LogP) is 5.30. The van der Waals surface area contributed by atoms with Crippen molar-refractivity contribution in [2.24, 2.45) is 10.4 Å². The van der Waals surface area contributed by atoms with Gasteiger partial charge in [0.05, 0.1) is 12.1 Å². The number of ether oxygens (including phenoxy) is 1. The third-order valence-electron chi connectivity index (χ3n) is 6.44. The highest BCUT2D eigenvalue weighted by molar-refractivity contribution is 7.70. The second kappa shape index (κ2) is 8.81. The molecule has 0 fully saturated rings. The molecule has 32 heavy (non-hydrogen) atoms. The lowest BCUT2D eigenvalue weighted by atomic mass is 9.88. The largest absolute Gasteiger partial charge is 0.478 e. The Balaban J connectivity index is 1.61. The Morgan fingerprint density at radius 1 is 0.812 bits per heavy atom. The monoisotopic (exact) mass is 442 g/mol. The summed E-state index contributed by atoms with van der Waals surface area (Å²) in [6.45, 7) is 8.34. The number of hydrogen-bond acceptors (Lipinski definition) is 3. The topological polar surface area (TPSA) is 24.8 Å². The van der Waals surface area contributed by atoms with E-state index in [1.54, 1.807) is 0 Å². The van der Waals surface area contributed by atoms with Gasteiger partial charge in [0.1, 0.15) is 6.61 Å². The normalized spacial score (nSPS) is 21.2. The minimum absolute atomic E-state index is 0.0999. The zero-order chi connectivity index (χ0) is 22.1. The molecule has 0 aliphatic carbocycles. The van der Waals surface area contributed by atoms with Crippen molar-refractivity contribution in [1.82, 2.24) is 4.67 Å². The Kier molecular flexibility index (Phi) is 5.88. The average molecular weight is 443 g/mol. The van der Waals surface area contributed by atoms with Gasteiger partial charge in [-0.05, 0) is 33.6 Å². The van der Waals surface area contributed by atoms with E-state index in [0.29, 0.717) is 6.61 Å². The molecule has 0 unspecified atom stereocenters. The highest BCUT2D eigenvalue weighted by Crippen LogP contribution is 2.45. The van der Waals surface area contributed by atoms with E-state index in [0.717, 1.165) is 18.9 Å². The Bertz CT molecular complexity index is 1050. The van der Waals surface area contributed by atoms with Gasteiger partial charge in [0, 0.05) is 14.6 Å². The molecule has 0 saturated heterocycles. The number of benzene rings is 3. The molecular formula is C28H31N2OP. The van der Waals surface area contributed by atoms with Crippen molar-refractivity contribution in [2.75, 3.05) is 6.61 Å². The number of aliphatic imine (C=N–C) groups is 1. The maximum atomic E-state index is 6.32. The van der Waals surface area contributed by atoms with Gasteiger partial charge in [0.15, 0.2) is 0 Å². The van der Waals surface area contributed by atoms with E-state index in [4.69, 9.17) is 9.73 Å². The average Bonchev–Trinajstić information content (AvgIpc) is 3.31. The van der Waals surface area contributed by atoms with Crippen LogP contribution in [0.15, 0.2) is 89.9 Å². The van der Waals surface area contributed by atoms with Crippen molar-refractivity contribution < 1.29 is 4.74 Å². The molecule has 2 aliphatic rings. The summed E-state index contributed by atoms with van der Waals surface area (Å²) in [6.07, 6.45) is 0.935. The fraction of sp³-hybridized carbons (Fsp3) is 0.321. The lowest BCUT2D eigenvalue weighted by Crippen LogP contribution is -2.45. The van der Waals surface area contributed by atoms with Crippen molar-refractivity contribution in [3.63, 3.8) is 0 Å². The summed E-state index contributed by atoms with van der Waals surface area (Å²) in [6, 6.07) is 31.1. The molecular weight excluding hydrogens is 411 g/mol. The van der Waals surface area contributed by atoms with Crippen molar-refractivity contribution in [3.05, 3.63) is 96.1 Å². The Hall–Kier alpha value is -2.48. The molecule has 0 bridgehead atoms. The SMILES string of the molecule is CC(C)(C)[C@H]1COC([C@H]2Cc3ccccc3CN2P(c2ccccc2)c2ccccc2)=N1. The van der Waals surface area contributed by atoms with Gasteiger partial charge in [0.25, 0.3) is 0 Å². The van der Waals surface area contributed by atoms with Crippen LogP contribution >= 0.6 is 8.07 Å². The molecule has 2 aliphatic heterocycles. The van der Waals surface area contributed by atoms with E-state index in [9.17, 15) is 0 Å². The zero-order valence-corrected chi connectivity index (χ0v) is 20.0. The van der Waals surface area contributed by atoms with Gasteiger partial charge >= 0.3 is 0 Å². The van der Waals surface area contributed by atoms with Gasteiger partial charge in [-0.3, -0.25) is 4.67 Å². The van der Waals surface area contributed by atoms with E-state index >= 15 is 0 Å². The van der Waals surface area contributed by atoms with Crippen LogP contribution in [-0.2, 0) is 17.7 Å². The summed E-state index contributed by atoms with van der Waals surface area (Å²) in [5.41, 5.74) is 2.92. The van der Waals surface area contributed by atoms with Crippen LogP contribution in [0.1, 0.15) is 31.9 Å². The van der Waals surface area contributed by atoms with Crippen molar-refractivity contribution in [1.29, 1.82) is 0 Å². The lowest BCUT2D eigenvalue weighted by Gasteiger charge is -2.41. The first-order chi connectivity index (χ1) is 15.5. The number of fused-ring (bicyclic) bond motifs is 1. The molecule has 0 N–H and O–H groups in total. The second-order valence-corrected chi connectivity index (χ2v) is 11.9. The van der Waals surface area contributed by atoms with Crippen LogP contribution in [0.5, 0.6) is 0 Å². The Morgan fingerprint density at radius 3 is 1.94 bits per heavy atom. The third kappa shape index (κ3) is 4.25. The first-order valence-corrected chi connectivity index (χ1v) is 12.7. The smallest absolute Gasteiger partial charge is 0.202 e. The molecule has 0 radical (unpaired) electrons. The molecule has 0 aromatic heterocycles. The van der Waals surface area contributed by atoms with Gasteiger partial charge in [-0.15, -0.1) is 0 Å². The summed E-state index contributed by atoms with van der Waals surface area (Å²) in [5, 5.41) is 2.73. The number of rotatable bonds is 4. The summed E-state index contributed by atoms with van der Waals surface area (Å²) >= 11 is 0. The van der Waals surface area contributed by atoms with Crippen LogP contribution < -0.4 is 10.6 Å². The standard InChI is InChI=1S/C28H31N2OP/c1-28(2,3)26-20-31-27(29-26)25-18-21-12-10-11-13-22(21)19-30(25)32(23-14-6-4-7-15-23)24-16-8-5-9-17-24/h4-17,25-26H,18-20H2,1-3H3/t25-,26-/m1/s1. The van der Waals surface area contributed by atoms with Crippen LogP contribution in [0.2, 0.25) is 0 Å². The van der Waals surface area contributed by atoms with Gasteiger partial charge in [-0.1, -0.05) is 106 Å². The molecule has 4 heteroatoms. The molecule has 3 aromatic rings. The molecule has 0 spiro atoms. The number of hydrogen-bond donors (Lipinski definition) is 0. The summed E-state index contributed by atoms with van der Waals surface area (Å²) in [5.74, 6) is 0.916. The first-order valence-electron chi connectivity index (χ1n) is 11.4.